The molecule has 0 radical (unpaired) electrons. The zero-order valence-corrected chi connectivity index (χ0v) is 15.2. The highest BCUT2D eigenvalue weighted by molar-refractivity contribution is 6.69. The van der Waals surface area contributed by atoms with Crippen molar-refractivity contribution < 1.29 is 9.22 Å². The van der Waals surface area contributed by atoms with E-state index < -0.39 is 8.32 Å². The summed E-state index contributed by atoms with van der Waals surface area (Å²) in [7, 11) is -1.52. The summed E-state index contributed by atoms with van der Waals surface area (Å²) in [6.45, 7) is 11.3. The Morgan fingerprint density at radius 3 is 2.24 bits per heavy atom. The van der Waals surface area contributed by atoms with Crippen LogP contribution in [-0.2, 0) is 15.6 Å². The van der Waals surface area contributed by atoms with Crippen molar-refractivity contribution in [3.63, 3.8) is 0 Å². The number of ketones is 1. The second-order valence-corrected chi connectivity index (χ2v) is 11.5. The number of hydrogen-bond donors (Lipinski definition) is 0. The molecule has 3 heteroatoms. The van der Waals surface area contributed by atoms with Crippen LogP contribution in [0.3, 0.4) is 0 Å². The molecule has 0 aliphatic heterocycles. The molecule has 0 unspecified atom stereocenters. The van der Waals surface area contributed by atoms with Crippen molar-refractivity contribution in [2.45, 2.75) is 52.8 Å². The van der Waals surface area contributed by atoms with Crippen LogP contribution in [0, 0.1) is 11.8 Å². The molecule has 118 valence electrons. The minimum absolute atomic E-state index is 0.285. The van der Waals surface area contributed by atoms with E-state index >= 15 is 0 Å². The van der Waals surface area contributed by atoms with E-state index in [-0.39, 0.29) is 5.78 Å². The highest BCUT2D eigenvalue weighted by Crippen LogP contribution is 2.25. The van der Waals surface area contributed by atoms with Crippen LogP contribution in [0.15, 0.2) is 30.3 Å². The monoisotopic (exact) mass is 306 g/mol. The molecule has 0 spiro atoms. The van der Waals surface area contributed by atoms with E-state index in [1.165, 1.54) is 5.56 Å². The maximum Gasteiger partial charge on any atom is 0.183 e. The molecule has 1 rings (SSSR count). The number of hydrogen-bond acceptors (Lipinski definition) is 2. The number of rotatable bonds is 9. The predicted molar refractivity (Wildman–Crippen MR) is 92.0 cm³/mol. The van der Waals surface area contributed by atoms with E-state index in [0.717, 1.165) is 19.4 Å². The molecule has 0 N–H and O–H groups in total. The van der Waals surface area contributed by atoms with E-state index in [0.29, 0.717) is 18.3 Å². The molecule has 0 aliphatic rings. The van der Waals surface area contributed by atoms with Gasteiger partial charge in [-0.15, -0.1) is 0 Å². The topological polar surface area (TPSA) is 26.3 Å². The second kappa shape index (κ2) is 8.50. The Morgan fingerprint density at radius 1 is 1.14 bits per heavy atom. The van der Waals surface area contributed by atoms with Crippen molar-refractivity contribution in [3.8, 4) is 0 Å². The fourth-order valence-corrected chi connectivity index (χ4v) is 3.36. The lowest BCUT2D eigenvalue weighted by molar-refractivity contribution is -0.118. The molecule has 0 heterocycles. The first-order chi connectivity index (χ1) is 9.81. The molecule has 21 heavy (non-hydrogen) atoms. The zero-order valence-electron chi connectivity index (χ0n) is 14.2. The second-order valence-electron chi connectivity index (χ2n) is 6.95. The standard InChI is InChI=1S/C18H30O2Si/c1-6-17(12-15(2)19)18(14-20-21(3,4)5)13-16-10-8-7-9-11-16/h7-11,17-18H,6,12-14H2,1-5H3/t17-,18-/m0/s1. The summed E-state index contributed by atoms with van der Waals surface area (Å²) in [5.41, 5.74) is 1.34. The summed E-state index contributed by atoms with van der Waals surface area (Å²) < 4.78 is 6.16. The van der Waals surface area contributed by atoms with Gasteiger partial charge >= 0.3 is 0 Å². The Balaban J connectivity index is 2.79. The molecule has 0 saturated heterocycles. The van der Waals surface area contributed by atoms with Gasteiger partial charge in [-0.3, -0.25) is 0 Å². The van der Waals surface area contributed by atoms with Gasteiger partial charge in [0, 0.05) is 13.0 Å². The zero-order chi connectivity index (χ0) is 15.9. The highest BCUT2D eigenvalue weighted by Gasteiger charge is 2.25. The van der Waals surface area contributed by atoms with Gasteiger partial charge in [0.25, 0.3) is 0 Å². The van der Waals surface area contributed by atoms with Crippen LogP contribution in [0.5, 0.6) is 0 Å². The molecular formula is C18H30O2Si. The van der Waals surface area contributed by atoms with Gasteiger partial charge in [0.05, 0.1) is 0 Å². The van der Waals surface area contributed by atoms with Gasteiger partial charge in [0.15, 0.2) is 8.32 Å². The average Bonchev–Trinajstić information content (AvgIpc) is 2.41. The average molecular weight is 307 g/mol. The van der Waals surface area contributed by atoms with Crippen LogP contribution in [0.2, 0.25) is 19.6 Å². The van der Waals surface area contributed by atoms with Gasteiger partial charge in [-0.1, -0.05) is 43.7 Å². The van der Waals surface area contributed by atoms with Crippen molar-refractivity contribution in [1.29, 1.82) is 0 Å². The first-order valence-corrected chi connectivity index (χ1v) is 11.4. The number of carbonyl (C=O) groups excluding carboxylic acids is 1. The lowest BCUT2D eigenvalue weighted by Gasteiger charge is -2.29. The van der Waals surface area contributed by atoms with E-state index in [4.69, 9.17) is 4.43 Å². The summed E-state index contributed by atoms with van der Waals surface area (Å²) in [5.74, 6) is 1.12. The molecule has 0 aliphatic carbocycles. The Hall–Kier alpha value is -0.933. The van der Waals surface area contributed by atoms with Crippen molar-refractivity contribution in [2.75, 3.05) is 6.61 Å². The molecule has 2 nitrogen and oxygen atoms in total. The van der Waals surface area contributed by atoms with Crippen molar-refractivity contribution >= 4 is 14.1 Å². The summed E-state index contributed by atoms with van der Waals surface area (Å²) in [4.78, 5) is 11.5. The molecule has 0 saturated carbocycles. The smallest absolute Gasteiger partial charge is 0.183 e. The third-order valence-corrected chi connectivity index (χ3v) is 4.84. The minimum atomic E-state index is -1.52. The fraction of sp³-hybridized carbons (Fsp3) is 0.611. The predicted octanol–water partition coefficient (Wildman–Crippen LogP) is 4.70. The van der Waals surface area contributed by atoms with Crippen molar-refractivity contribution in [1.82, 2.24) is 0 Å². The molecular weight excluding hydrogens is 276 g/mol. The lowest BCUT2D eigenvalue weighted by atomic mass is 9.82. The van der Waals surface area contributed by atoms with Gasteiger partial charge in [-0.25, -0.2) is 0 Å². The Labute approximate surface area is 131 Å². The normalized spacial score (nSPS) is 14.7. The summed E-state index contributed by atoms with van der Waals surface area (Å²) in [6.07, 6.45) is 2.70. The summed E-state index contributed by atoms with van der Waals surface area (Å²) in [5, 5.41) is 0. The van der Waals surface area contributed by atoms with Crippen LogP contribution in [-0.4, -0.2) is 20.7 Å². The molecule has 0 bridgehead atoms. The third kappa shape index (κ3) is 7.58. The summed E-state index contributed by atoms with van der Waals surface area (Å²) >= 11 is 0. The quantitative estimate of drug-likeness (QED) is 0.618. The molecule has 2 atom stereocenters. The van der Waals surface area contributed by atoms with Crippen LogP contribution in [0.4, 0.5) is 0 Å². The van der Waals surface area contributed by atoms with Gasteiger partial charge in [0.1, 0.15) is 5.78 Å². The van der Waals surface area contributed by atoms with Gasteiger partial charge < -0.3 is 9.22 Å². The Morgan fingerprint density at radius 2 is 1.76 bits per heavy atom. The van der Waals surface area contributed by atoms with Gasteiger partial charge in [-0.2, -0.15) is 0 Å². The first-order valence-electron chi connectivity index (χ1n) is 7.99. The molecule has 1 aromatic carbocycles. The van der Waals surface area contributed by atoms with E-state index in [9.17, 15) is 4.79 Å². The Kier molecular flexibility index (Phi) is 7.33. The maximum absolute atomic E-state index is 11.5. The Bertz CT molecular complexity index is 423. The van der Waals surface area contributed by atoms with Gasteiger partial charge in [-0.05, 0) is 50.4 Å². The molecule has 1 aromatic rings. The van der Waals surface area contributed by atoms with Crippen molar-refractivity contribution in [3.05, 3.63) is 35.9 Å². The van der Waals surface area contributed by atoms with Crippen LogP contribution >= 0.6 is 0 Å². The number of Topliss-reactive ketones (excluding diaryl/α,β-unsaturated/α-hetero) is 1. The minimum Gasteiger partial charge on any atom is -0.417 e. The van der Waals surface area contributed by atoms with Crippen molar-refractivity contribution in [2.24, 2.45) is 11.8 Å². The van der Waals surface area contributed by atoms with Crippen LogP contribution < -0.4 is 0 Å². The third-order valence-electron chi connectivity index (χ3n) is 3.81. The van der Waals surface area contributed by atoms with Crippen LogP contribution in [0.25, 0.3) is 0 Å². The summed E-state index contributed by atoms with van der Waals surface area (Å²) in [6, 6.07) is 10.5. The van der Waals surface area contributed by atoms with E-state index in [1.807, 2.05) is 6.07 Å². The number of carbonyl (C=O) groups is 1. The molecule has 0 aromatic heterocycles. The maximum atomic E-state index is 11.5. The number of benzene rings is 1. The SMILES string of the molecule is CC[C@@H](CC(C)=O)[C@H](CO[Si](C)(C)C)Cc1ccccc1. The lowest BCUT2D eigenvalue weighted by Crippen LogP contribution is -2.32. The molecule has 0 fully saturated rings. The first kappa shape index (κ1) is 18.1. The van der Waals surface area contributed by atoms with E-state index in [1.54, 1.807) is 6.92 Å². The molecule has 0 amide bonds. The van der Waals surface area contributed by atoms with Gasteiger partial charge in [0.2, 0.25) is 0 Å². The van der Waals surface area contributed by atoms with Crippen LogP contribution in [0.1, 0.15) is 32.3 Å². The fourth-order valence-electron chi connectivity index (χ4n) is 2.65. The van der Waals surface area contributed by atoms with E-state index in [2.05, 4.69) is 50.8 Å². The highest BCUT2D eigenvalue weighted by atomic mass is 28.4. The largest absolute Gasteiger partial charge is 0.417 e.